The lowest BCUT2D eigenvalue weighted by atomic mass is 10.1. The summed E-state index contributed by atoms with van der Waals surface area (Å²) in [6, 6.07) is 11.2. The van der Waals surface area contributed by atoms with Crippen LogP contribution in [-0.2, 0) is 4.79 Å². The highest BCUT2D eigenvalue weighted by molar-refractivity contribution is 5.86. The van der Waals surface area contributed by atoms with Crippen molar-refractivity contribution in [3.05, 3.63) is 80.0 Å². The lowest BCUT2D eigenvalue weighted by molar-refractivity contribution is -0.136. The number of benzene rings is 2. The second-order valence-corrected chi connectivity index (χ2v) is 6.98. The summed E-state index contributed by atoms with van der Waals surface area (Å²) in [5, 5.41) is 1.56. The minimum absolute atomic E-state index is 0.282. The van der Waals surface area contributed by atoms with Crippen molar-refractivity contribution in [2.75, 3.05) is 6.61 Å². The van der Waals surface area contributed by atoms with Gasteiger partial charge in [-0.3, -0.25) is 0 Å². The molecule has 0 N–H and O–H groups in total. The Morgan fingerprint density at radius 2 is 1.53 bits per heavy atom. The highest BCUT2D eigenvalue weighted by Gasteiger charge is 2.14. The summed E-state index contributed by atoms with van der Waals surface area (Å²) in [5.74, 6) is 0.0216. The highest BCUT2D eigenvalue weighted by atomic mass is 16.6. The number of aryl methyl sites for hydroxylation is 3. The number of carbonyl (C=O) groups is 1. The molecule has 0 saturated carbocycles. The van der Waals surface area contributed by atoms with Gasteiger partial charge < -0.3 is 18.3 Å². The summed E-state index contributed by atoms with van der Waals surface area (Å²) < 4.78 is 21.3. The van der Waals surface area contributed by atoms with E-state index in [1.165, 1.54) is 12.1 Å². The Morgan fingerprint density at radius 1 is 0.867 bits per heavy atom. The Hall–Kier alpha value is -3.87. The summed E-state index contributed by atoms with van der Waals surface area (Å²) in [6.07, 6.45) is 0. The molecule has 2 heterocycles. The smallest absolute Gasteiger partial charge is 0.349 e. The van der Waals surface area contributed by atoms with Gasteiger partial charge in [-0.05, 0) is 56.2 Å². The highest BCUT2D eigenvalue weighted by Crippen LogP contribution is 2.28. The molecule has 30 heavy (non-hydrogen) atoms. The van der Waals surface area contributed by atoms with Crippen molar-refractivity contribution in [2.24, 2.45) is 0 Å². The van der Waals surface area contributed by atoms with E-state index in [1.807, 2.05) is 13.8 Å². The molecule has 0 bridgehead atoms. The van der Waals surface area contributed by atoms with E-state index in [4.69, 9.17) is 18.3 Å². The maximum atomic E-state index is 12.3. The molecule has 0 radical (unpaired) electrons. The second kappa shape index (κ2) is 7.51. The number of hydrogen-bond acceptors (Lipinski definition) is 7. The summed E-state index contributed by atoms with van der Waals surface area (Å²) in [6.45, 7) is 4.98. The van der Waals surface area contributed by atoms with E-state index in [0.717, 1.165) is 21.9 Å². The lowest BCUT2D eigenvalue weighted by Gasteiger charge is -2.11. The quantitative estimate of drug-likeness (QED) is 0.289. The average Bonchev–Trinajstić information content (AvgIpc) is 2.68. The van der Waals surface area contributed by atoms with Crippen LogP contribution in [0.2, 0.25) is 0 Å². The molecular formula is C23H18O7. The minimum atomic E-state index is -0.627. The molecule has 2 aromatic carbocycles. The summed E-state index contributed by atoms with van der Waals surface area (Å²) in [4.78, 5) is 35.5. The van der Waals surface area contributed by atoms with Crippen molar-refractivity contribution < 1.29 is 23.1 Å². The van der Waals surface area contributed by atoms with Crippen LogP contribution >= 0.6 is 0 Å². The fraction of sp³-hybridized carbons (Fsp3) is 0.174. The van der Waals surface area contributed by atoms with Crippen LogP contribution in [0.15, 0.2) is 60.9 Å². The average molecular weight is 406 g/mol. The van der Waals surface area contributed by atoms with Gasteiger partial charge in [-0.2, -0.15) is 0 Å². The van der Waals surface area contributed by atoms with Crippen LogP contribution in [0.1, 0.15) is 16.7 Å². The summed E-state index contributed by atoms with van der Waals surface area (Å²) in [7, 11) is 0. The molecule has 0 spiro atoms. The predicted molar refractivity (Wildman–Crippen MR) is 110 cm³/mol. The first-order valence-electron chi connectivity index (χ1n) is 9.24. The van der Waals surface area contributed by atoms with Gasteiger partial charge in [0.15, 0.2) is 6.61 Å². The van der Waals surface area contributed by atoms with Gasteiger partial charge in [0.05, 0.1) is 0 Å². The fourth-order valence-electron chi connectivity index (χ4n) is 3.30. The third kappa shape index (κ3) is 3.69. The van der Waals surface area contributed by atoms with Gasteiger partial charge in [0.2, 0.25) is 0 Å². The van der Waals surface area contributed by atoms with Gasteiger partial charge >= 0.3 is 17.2 Å². The maximum absolute atomic E-state index is 12.3. The molecule has 0 saturated heterocycles. The third-order valence-electron chi connectivity index (χ3n) is 4.82. The molecule has 152 valence electrons. The van der Waals surface area contributed by atoms with E-state index in [1.54, 1.807) is 37.3 Å². The number of fused-ring (bicyclic) bond motifs is 2. The number of ether oxygens (including phenoxy) is 2. The van der Waals surface area contributed by atoms with Crippen molar-refractivity contribution in [3.8, 4) is 11.5 Å². The number of hydrogen-bond donors (Lipinski definition) is 0. The minimum Gasteiger partial charge on any atom is -0.482 e. The fourth-order valence-corrected chi connectivity index (χ4v) is 3.30. The van der Waals surface area contributed by atoms with E-state index < -0.39 is 17.2 Å². The molecule has 0 aliphatic heterocycles. The number of esters is 1. The van der Waals surface area contributed by atoms with Crippen molar-refractivity contribution >= 4 is 27.9 Å². The van der Waals surface area contributed by atoms with Gasteiger partial charge in [0.1, 0.15) is 22.7 Å². The summed E-state index contributed by atoms with van der Waals surface area (Å²) >= 11 is 0. The zero-order valence-electron chi connectivity index (χ0n) is 16.6. The Balaban J connectivity index is 1.51. The zero-order valence-corrected chi connectivity index (χ0v) is 16.6. The maximum Gasteiger partial charge on any atom is 0.349 e. The first-order valence-corrected chi connectivity index (χ1v) is 9.24. The molecule has 0 amide bonds. The molecule has 4 rings (SSSR count). The molecule has 0 aliphatic carbocycles. The van der Waals surface area contributed by atoms with Crippen LogP contribution in [0.4, 0.5) is 0 Å². The molecule has 2 aromatic heterocycles. The SMILES string of the molecule is Cc1cc(=O)oc2cc(OCC(=O)Oc3ccc4c(C)cc(=O)oc4c3C)ccc12. The predicted octanol–water partition coefficient (Wildman–Crippen LogP) is 3.81. The molecule has 7 nitrogen and oxygen atoms in total. The van der Waals surface area contributed by atoms with Gasteiger partial charge in [0.25, 0.3) is 0 Å². The van der Waals surface area contributed by atoms with Crippen LogP contribution < -0.4 is 20.7 Å². The van der Waals surface area contributed by atoms with Gasteiger partial charge in [0, 0.05) is 34.5 Å². The van der Waals surface area contributed by atoms with Crippen LogP contribution in [0, 0.1) is 20.8 Å². The van der Waals surface area contributed by atoms with Crippen LogP contribution in [0.25, 0.3) is 21.9 Å². The second-order valence-electron chi connectivity index (χ2n) is 6.98. The number of carbonyl (C=O) groups excluding carboxylic acids is 1. The monoisotopic (exact) mass is 406 g/mol. The molecule has 0 aliphatic rings. The largest absolute Gasteiger partial charge is 0.482 e. The van der Waals surface area contributed by atoms with Crippen LogP contribution in [0.3, 0.4) is 0 Å². The van der Waals surface area contributed by atoms with Crippen molar-refractivity contribution in [3.63, 3.8) is 0 Å². The first kappa shape index (κ1) is 19.4. The number of rotatable bonds is 4. The van der Waals surface area contributed by atoms with Gasteiger partial charge in [-0.15, -0.1) is 0 Å². The summed E-state index contributed by atoms with van der Waals surface area (Å²) in [5.41, 5.74) is 1.96. The molecule has 0 unspecified atom stereocenters. The third-order valence-corrected chi connectivity index (χ3v) is 4.82. The lowest BCUT2D eigenvalue weighted by Crippen LogP contribution is -2.18. The Bertz CT molecular complexity index is 1410. The first-order chi connectivity index (χ1) is 14.3. The normalized spacial score (nSPS) is 11.0. The van der Waals surface area contributed by atoms with E-state index >= 15 is 0 Å². The molecule has 0 atom stereocenters. The molecular weight excluding hydrogens is 388 g/mol. The van der Waals surface area contributed by atoms with Crippen molar-refractivity contribution in [1.82, 2.24) is 0 Å². The Labute approximate surface area is 170 Å². The van der Waals surface area contributed by atoms with E-state index in [0.29, 0.717) is 22.5 Å². The van der Waals surface area contributed by atoms with Crippen molar-refractivity contribution in [2.45, 2.75) is 20.8 Å². The molecule has 4 aromatic rings. The molecule has 7 heteroatoms. The van der Waals surface area contributed by atoms with E-state index in [-0.39, 0.29) is 12.4 Å². The van der Waals surface area contributed by atoms with Gasteiger partial charge in [-0.25, -0.2) is 14.4 Å². The van der Waals surface area contributed by atoms with Crippen LogP contribution in [0.5, 0.6) is 11.5 Å². The Morgan fingerprint density at radius 3 is 2.30 bits per heavy atom. The topological polar surface area (TPSA) is 96.0 Å². The van der Waals surface area contributed by atoms with E-state index in [2.05, 4.69) is 0 Å². The van der Waals surface area contributed by atoms with Crippen molar-refractivity contribution in [1.29, 1.82) is 0 Å². The Kier molecular flexibility index (Phi) is 4.87. The van der Waals surface area contributed by atoms with E-state index in [9.17, 15) is 14.4 Å². The zero-order chi connectivity index (χ0) is 21.4. The van der Waals surface area contributed by atoms with Crippen LogP contribution in [-0.4, -0.2) is 12.6 Å². The van der Waals surface area contributed by atoms with Gasteiger partial charge in [-0.1, -0.05) is 0 Å². The molecule has 0 fully saturated rings. The standard InChI is InChI=1S/C23H18O7/c1-12-8-20(24)29-19-10-15(4-5-16(12)19)27-11-22(26)28-18-7-6-17-13(2)9-21(25)30-23(17)14(18)3/h4-10H,11H2,1-3H3.